The maximum Gasteiger partial charge on any atom is 0.319 e. The van der Waals surface area contributed by atoms with Crippen molar-refractivity contribution in [2.45, 2.75) is 31.7 Å². The van der Waals surface area contributed by atoms with Crippen molar-refractivity contribution in [2.24, 2.45) is 5.92 Å². The van der Waals surface area contributed by atoms with E-state index < -0.39 is 5.97 Å². The first-order chi connectivity index (χ1) is 11.4. The predicted molar refractivity (Wildman–Crippen MR) is 90.0 cm³/mol. The van der Waals surface area contributed by atoms with E-state index in [1.54, 1.807) is 38.4 Å². The van der Waals surface area contributed by atoms with Gasteiger partial charge < -0.3 is 20.6 Å². The monoisotopic (exact) mass is 333 g/mol. The van der Waals surface area contributed by atoms with Gasteiger partial charge in [0.05, 0.1) is 5.92 Å². The molecule has 0 spiro atoms. The Kier molecular flexibility index (Phi) is 5.78. The molecule has 130 valence electrons. The van der Waals surface area contributed by atoms with Crippen LogP contribution in [-0.4, -0.2) is 48.1 Å². The zero-order valence-corrected chi connectivity index (χ0v) is 13.9. The average molecular weight is 333 g/mol. The van der Waals surface area contributed by atoms with Crippen LogP contribution in [0.3, 0.4) is 0 Å². The molecule has 2 rings (SSSR count). The lowest BCUT2D eigenvalue weighted by atomic mass is 9.86. The number of hydrogen-bond acceptors (Lipinski definition) is 3. The molecule has 0 radical (unpaired) electrons. The molecule has 0 saturated heterocycles. The molecule has 0 aromatic heterocycles. The normalized spacial score (nSPS) is 20.1. The van der Waals surface area contributed by atoms with Crippen LogP contribution in [0.2, 0.25) is 0 Å². The van der Waals surface area contributed by atoms with Gasteiger partial charge in [-0.05, 0) is 43.9 Å². The molecule has 7 heteroatoms. The summed E-state index contributed by atoms with van der Waals surface area (Å²) in [5, 5.41) is 14.6. The van der Waals surface area contributed by atoms with Crippen molar-refractivity contribution in [3.8, 4) is 0 Å². The highest BCUT2D eigenvalue weighted by molar-refractivity contribution is 5.96. The lowest BCUT2D eigenvalue weighted by Crippen LogP contribution is -2.41. The fraction of sp³-hybridized carbons (Fsp3) is 0.471. The van der Waals surface area contributed by atoms with E-state index in [4.69, 9.17) is 5.11 Å². The SMILES string of the molecule is CN(C)C(=O)c1cccc(NC(=O)NC2CCC(C(=O)O)CC2)c1. The Morgan fingerprint density at radius 2 is 1.79 bits per heavy atom. The van der Waals surface area contributed by atoms with E-state index in [9.17, 15) is 14.4 Å². The fourth-order valence-corrected chi connectivity index (χ4v) is 2.83. The molecule has 1 aromatic rings. The molecule has 1 aromatic carbocycles. The highest BCUT2D eigenvalue weighted by atomic mass is 16.4. The maximum absolute atomic E-state index is 12.1. The van der Waals surface area contributed by atoms with E-state index in [1.807, 2.05) is 0 Å². The Balaban J connectivity index is 1.88. The summed E-state index contributed by atoms with van der Waals surface area (Å²) in [7, 11) is 3.34. The number of carboxylic acids is 1. The largest absolute Gasteiger partial charge is 0.481 e. The Hall–Kier alpha value is -2.57. The van der Waals surface area contributed by atoms with Crippen LogP contribution in [0.5, 0.6) is 0 Å². The average Bonchev–Trinajstić information content (AvgIpc) is 2.54. The quantitative estimate of drug-likeness (QED) is 0.786. The van der Waals surface area contributed by atoms with Gasteiger partial charge in [-0.15, -0.1) is 0 Å². The van der Waals surface area contributed by atoms with Crippen LogP contribution in [0.4, 0.5) is 10.5 Å². The minimum absolute atomic E-state index is 0.0211. The van der Waals surface area contributed by atoms with Crippen LogP contribution in [0.25, 0.3) is 0 Å². The highest BCUT2D eigenvalue weighted by Crippen LogP contribution is 2.24. The number of nitrogens with zero attached hydrogens (tertiary/aromatic N) is 1. The van der Waals surface area contributed by atoms with Crippen LogP contribution in [0.15, 0.2) is 24.3 Å². The molecule has 7 nitrogen and oxygen atoms in total. The third-order valence-corrected chi connectivity index (χ3v) is 4.19. The van der Waals surface area contributed by atoms with Crippen molar-refractivity contribution in [3.63, 3.8) is 0 Å². The first kappa shape index (κ1) is 17.8. The molecule has 3 amide bonds. The topological polar surface area (TPSA) is 98.7 Å². The molecule has 3 N–H and O–H groups in total. The number of hydrogen-bond donors (Lipinski definition) is 3. The number of anilines is 1. The molecule has 1 aliphatic carbocycles. The number of urea groups is 1. The summed E-state index contributed by atoms with van der Waals surface area (Å²) < 4.78 is 0. The van der Waals surface area contributed by atoms with E-state index in [1.165, 1.54) is 4.90 Å². The van der Waals surface area contributed by atoms with E-state index >= 15 is 0 Å². The van der Waals surface area contributed by atoms with Gasteiger partial charge in [0.15, 0.2) is 0 Å². The predicted octanol–water partition coefficient (Wildman–Crippen LogP) is 2.15. The molecule has 1 aliphatic rings. The summed E-state index contributed by atoms with van der Waals surface area (Å²) in [5.41, 5.74) is 1.04. The Morgan fingerprint density at radius 3 is 2.38 bits per heavy atom. The van der Waals surface area contributed by atoms with Crippen molar-refractivity contribution in [2.75, 3.05) is 19.4 Å². The number of carbonyl (C=O) groups excluding carboxylic acids is 2. The highest BCUT2D eigenvalue weighted by Gasteiger charge is 2.26. The summed E-state index contributed by atoms with van der Waals surface area (Å²) in [5.74, 6) is -1.20. The Labute approximate surface area is 141 Å². The number of nitrogens with one attached hydrogen (secondary N) is 2. The van der Waals surface area contributed by atoms with Gasteiger partial charge in [0.25, 0.3) is 5.91 Å². The van der Waals surface area contributed by atoms with Crippen LogP contribution in [0, 0.1) is 5.92 Å². The van der Waals surface area contributed by atoms with Crippen molar-refractivity contribution in [1.82, 2.24) is 10.2 Å². The van der Waals surface area contributed by atoms with Gasteiger partial charge in [-0.1, -0.05) is 6.07 Å². The lowest BCUT2D eigenvalue weighted by molar-refractivity contribution is -0.142. The van der Waals surface area contributed by atoms with Gasteiger partial charge in [0, 0.05) is 31.4 Å². The van der Waals surface area contributed by atoms with Crippen LogP contribution in [0.1, 0.15) is 36.0 Å². The standard InChI is InChI=1S/C17H23N3O4/c1-20(2)15(21)12-4-3-5-14(10-12)19-17(24)18-13-8-6-11(7-9-13)16(22)23/h3-5,10-11,13H,6-9H2,1-2H3,(H,22,23)(H2,18,19,24). The van der Waals surface area contributed by atoms with Crippen molar-refractivity contribution in [3.05, 3.63) is 29.8 Å². The second-order valence-corrected chi connectivity index (χ2v) is 6.27. The molecule has 1 saturated carbocycles. The number of rotatable bonds is 4. The summed E-state index contributed by atoms with van der Waals surface area (Å²) in [6.07, 6.45) is 2.47. The van der Waals surface area contributed by atoms with Gasteiger partial charge in [0.2, 0.25) is 0 Å². The van der Waals surface area contributed by atoms with E-state index in [0.29, 0.717) is 36.9 Å². The summed E-state index contributed by atoms with van der Waals surface area (Å²) >= 11 is 0. The molecule has 0 atom stereocenters. The van der Waals surface area contributed by atoms with Gasteiger partial charge in [-0.25, -0.2) is 4.79 Å². The molecule has 0 heterocycles. The molecule has 0 aliphatic heterocycles. The Bertz CT molecular complexity index is 622. The third kappa shape index (κ3) is 4.71. The van der Waals surface area contributed by atoms with Gasteiger partial charge in [-0.2, -0.15) is 0 Å². The van der Waals surface area contributed by atoms with Gasteiger partial charge in [0.1, 0.15) is 0 Å². The summed E-state index contributed by atoms with van der Waals surface area (Å²) in [6, 6.07) is 6.38. The van der Waals surface area contributed by atoms with E-state index in [-0.39, 0.29) is 23.9 Å². The van der Waals surface area contributed by atoms with E-state index in [0.717, 1.165) is 0 Å². The number of aliphatic carboxylic acids is 1. The number of carbonyl (C=O) groups is 3. The lowest BCUT2D eigenvalue weighted by Gasteiger charge is -2.26. The zero-order valence-electron chi connectivity index (χ0n) is 13.9. The minimum Gasteiger partial charge on any atom is -0.481 e. The molecule has 0 bridgehead atoms. The molecule has 24 heavy (non-hydrogen) atoms. The molecular formula is C17H23N3O4. The van der Waals surface area contributed by atoms with Crippen LogP contribution >= 0.6 is 0 Å². The van der Waals surface area contributed by atoms with Crippen molar-refractivity contribution >= 4 is 23.6 Å². The number of amides is 3. The molecule has 0 unspecified atom stereocenters. The number of carboxylic acid groups (broad SMARTS) is 1. The van der Waals surface area contributed by atoms with Crippen molar-refractivity contribution < 1.29 is 19.5 Å². The van der Waals surface area contributed by atoms with Gasteiger partial charge >= 0.3 is 12.0 Å². The third-order valence-electron chi connectivity index (χ3n) is 4.19. The van der Waals surface area contributed by atoms with E-state index in [2.05, 4.69) is 10.6 Å². The van der Waals surface area contributed by atoms with Crippen LogP contribution < -0.4 is 10.6 Å². The Morgan fingerprint density at radius 1 is 1.12 bits per heavy atom. The maximum atomic E-state index is 12.1. The number of benzene rings is 1. The molecular weight excluding hydrogens is 310 g/mol. The fourth-order valence-electron chi connectivity index (χ4n) is 2.83. The van der Waals surface area contributed by atoms with Gasteiger partial charge in [-0.3, -0.25) is 9.59 Å². The summed E-state index contributed by atoms with van der Waals surface area (Å²) in [6.45, 7) is 0. The smallest absolute Gasteiger partial charge is 0.319 e. The summed E-state index contributed by atoms with van der Waals surface area (Å²) in [4.78, 5) is 36.4. The van der Waals surface area contributed by atoms with Crippen LogP contribution in [-0.2, 0) is 4.79 Å². The zero-order chi connectivity index (χ0) is 17.7. The first-order valence-electron chi connectivity index (χ1n) is 7.99. The molecule has 1 fully saturated rings. The second kappa shape index (κ2) is 7.81. The first-order valence-corrected chi connectivity index (χ1v) is 7.99. The van der Waals surface area contributed by atoms with Crippen molar-refractivity contribution in [1.29, 1.82) is 0 Å². The minimum atomic E-state index is -0.764. The second-order valence-electron chi connectivity index (χ2n) is 6.27.